The van der Waals surface area contributed by atoms with Gasteiger partial charge in [0.05, 0.1) is 0 Å². The van der Waals surface area contributed by atoms with E-state index in [1.54, 1.807) is 0 Å². The molecule has 0 aliphatic heterocycles. The van der Waals surface area contributed by atoms with Crippen molar-refractivity contribution in [3.8, 4) is 0 Å². The minimum Gasteiger partial charge on any atom is -0.299 e. The van der Waals surface area contributed by atoms with Gasteiger partial charge in [0.15, 0.2) is 0 Å². The summed E-state index contributed by atoms with van der Waals surface area (Å²) in [5, 5.41) is 0. The molecule has 0 N–H and O–H groups in total. The molecule has 0 amide bonds. The Bertz CT molecular complexity index is 470. The maximum Gasteiger partial charge on any atom is 0.248 e. The first-order valence-corrected chi connectivity index (χ1v) is 6.84. The number of carbonyl (C=O) groups excluding carboxylic acids is 1. The molecular formula is C16H20F2O. The number of hydrogen-bond donors (Lipinski definition) is 0. The highest BCUT2D eigenvalue weighted by molar-refractivity contribution is 5.83. The number of benzene rings is 1. The van der Waals surface area contributed by atoms with E-state index in [1.165, 1.54) is 11.1 Å². The molecule has 1 aliphatic rings. The van der Waals surface area contributed by atoms with E-state index in [1.807, 2.05) is 32.0 Å². The van der Waals surface area contributed by atoms with Gasteiger partial charge in [-0.15, -0.1) is 0 Å². The fourth-order valence-corrected chi connectivity index (χ4v) is 2.62. The van der Waals surface area contributed by atoms with Gasteiger partial charge in [0, 0.05) is 25.2 Å². The minimum absolute atomic E-state index is 0.110. The third-order valence-corrected chi connectivity index (χ3v) is 4.12. The molecule has 0 saturated heterocycles. The molecule has 19 heavy (non-hydrogen) atoms. The topological polar surface area (TPSA) is 17.1 Å². The van der Waals surface area contributed by atoms with Gasteiger partial charge in [0.1, 0.15) is 5.78 Å². The van der Waals surface area contributed by atoms with Crippen molar-refractivity contribution in [3.63, 3.8) is 0 Å². The van der Waals surface area contributed by atoms with Crippen LogP contribution in [-0.4, -0.2) is 11.7 Å². The van der Waals surface area contributed by atoms with Crippen LogP contribution in [0.15, 0.2) is 18.2 Å². The zero-order valence-corrected chi connectivity index (χ0v) is 11.5. The molecule has 1 aromatic carbocycles. The highest BCUT2D eigenvalue weighted by Crippen LogP contribution is 2.36. The Hall–Kier alpha value is -1.25. The van der Waals surface area contributed by atoms with E-state index < -0.39 is 5.92 Å². The van der Waals surface area contributed by atoms with Crippen molar-refractivity contribution in [2.45, 2.75) is 51.9 Å². The second kappa shape index (κ2) is 5.40. The zero-order chi connectivity index (χ0) is 14.0. The minimum atomic E-state index is -2.56. The Morgan fingerprint density at radius 3 is 2.42 bits per heavy atom. The van der Waals surface area contributed by atoms with E-state index in [0.717, 1.165) is 5.56 Å². The number of carbonyl (C=O) groups is 1. The summed E-state index contributed by atoms with van der Waals surface area (Å²) in [6, 6.07) is 5.98. The van der Waals surface area contributed by atoms with Gasteiger partial charge in [-0.1, -0.05) is 18.2 Å². The molecule has 0 spiro atoms. The second-order valence-corrected chi connectivity index (χ2v) is 5.69. The summed E-state index contributed by atoms with van der Waals surface area (Å²) in [4.78, 5) is 12.1. The van der Waals surface area contributed by atoms with Gasteiger partial charge in [-0.05, 0) is 43.4 Å². The Morgan fingerprint density at radius 1 is 1.21 bits per heavy atom. The highest BCUT2D eigenvalue weighted by atomic mass is 19.3. The fraction of sp³-hybridized carbons (Fsp3) is 0.562. The molecule has 2 rings (SSSR count). The van der Waals surface area contributed by atoms with Crippen LogP contribution < -0.4 is 0 Å². The third kappa shape index (κ3) is 3.62. The molecular weight excluding hydrogens is 246 g/mol. The summed E-state index contributed by atoms with van der Waals surface area (Å²) in [6.45, 7) is 4.05. The molecule has 0 aromatic heterocycles. The largest absolute Gasteiger partial charge is 0.299 e. The summed E-state index contributed by atoms with van der Waals surface area (Å²) in [6.07, 6.45) is 0.747. The van der Waals surface area contributed by atoms with Crippen LogP contribution >= 0.6 is 0 Å². The molecule has 0 heterocycles. The summed E-state index contributed by atoms with van der Waals surface area (Å²) in [5.74, 6) is -2.63. The first kappa shape index (κ1) is 14.2. The van der Waals surface area contributed by atoms with E-state index in [0.29, 0.717) is 19.3 Å². The Labute approximate surface area is 113 Å². The lowest BCUT2D eigenvalue weighted by Crippen LogP contribution is -2.29. The molecule has 1 aliphatic carbocycles. The Morgan fingerprint density at radius 2 is 1.84 bits per heavy atom. The lowest BCUT2D eigenvalue weighted by atomic mass is 9.82. The average molecular weight is 266 g/mol. The molecule has 1 aromatic rings. The summed E-state index contributed by atoms with van der Waals surface area (Å²) >= 11 is 0. The van der Waals surface area contributed by atoms with Crippen molar-refractivity contribution >= 4 is 5.78 Å². The van der Waals surface area contributed by atoms with Gasteiger partial charge in [-0.25, -0.2) is 8.78 Å². The average Bonchev–Trinajstić information content (AvgIpc) is 2.33. The number of ketones is 1. The number of alkyl halides is 2. The van der Waals surface area contributed by atoms with Gasteiger partial charge in [-0.3, -0.25) is 4.79 Å². The highest BCUT2D eigenvalue weighted by Gasteiger charge is 2.37. The smallest absolute Gasteiger partial charge is 0.248 e. The van der Waals surface area contributed by atoms with Crippen LogP contribution in [0.25, 0.3) is 0 Å². The van der Waals surface area contributed by atoms with E-state index in [-0.39, 0.29) is 24.5 Å². The second-order valence-electron chi connectivity index (χ2n) is 5.69. The van der Waals surface area contributed by atoms with Crippen molar-refractivity contribution in [2.24, 2.45) is 5.92 Å². The molecule has 0 bridgehead atoms. The monoisotopic (exact) mass is 266 g/mol. The van der Waals surface area contributed by atoms with Crippen molar-refractivity contribution in [3.05, 3.63) is 34.9 Å². The molecule has 0 radical (unpaired) electrons. The summed E-state index contributed by atoms with van der Waals surface area (Å²) in [5.41, 5.74) is 3.36. The molecule has 104 valence electrons. The first-order valence-electron chi connectivity index (χ1n) is 6.84. The lowest BCUT2D eigenvalue weighted by molar-refractivity contribution is -0.126. The van der Waals surface area contributed by atoms with Crippen LogP contribution in [-0.2, 0) is 11.2 Å². The van der Waals surface area contributed by atoms with Crippen molar-refractivity contribution in [1.29, 1.82) is 0 Å². The lowest BCUT2D eigenvalue weighted by Gasteiger charge is -2.27. The van der Waals surface area contributed by atoms with E-state index in [2.05, 4.69) is 0 Å². The molecule has 0 atom stereocenters. The van der Waals surface area contributed by atoms with Crippen LogP contribution in [0.3, 0.4) is 0 Å². The van der Waals surface area contributed by atoms with Crippen molar-refractivity contribution in [2.75, 3.05) is 0 Å². The molecule has 0 unspecified atom stereocenters. The van der Waals surface area contributed by atoms with Gasteiger partial charge in [0.2, 0.25) is 5.92 Å². The van der Waals surface area contributed by atoms with Gasteiger partial charge in [0.25, 0.3) is 0 Å². The standard InChI is InChI=1S/C16H20F2O/c1-11-3-4-13(9-12(11)2)10-15(19)14-5-7-16(17,18)8-6-14/h3-4,9,14H,5-8,10H2,1-2H3. The predicted octanol–water partition coefficient (Wildman–Crippen LogP) is 4.24. The van der Waals surface area contributed by atoms with Crippen molar-refractivity contribution in [1.82, 2.24) is 0 Å². The zero-order valence-electron chi connectivity index (χ0n) is 11.5. The SMILES string of the molecule is Cc1ccc(CC(=O)C2CCC(F)(F)CC2)cc1C. The van der Waals surface area contributed by atoms with Crippen LogP contribution in [0.1, 0.15) is 42.4 Å². The van der Waals surface area contributed by atoms with Crippen molar-refractivity contribution < 1.29 is 13.6 Å². The van der Waals surface area contributed by atoms with Crippen LogP contribution in [0.5, 0.6) is 0 Å². The quantitative estimate of drug-likeness (QED) is 0.799. The third-order valence-electron chi connectivity index (χ3n) is 4.12. The molecule has 1 fully saturated rings. The summed E-state index contributed by atoms with van der Waals surface area (Å²) < 4.78 is 26.1. The first-order chi connectivity index (χ1) is 8.87. The Kier molecular flexibility index (Phi) is 4.02. The Balaban J connectivity index is 1.96. The fourth-order valence-electron chi connectivity index (χ4n) is 2.62. The number of rotatable bonds is 3. The van der Waals surface area contributed by atoms with E-state index >= 15 is 0 Å². The van der Waals surface area contributed by atoms with E-state index in [9.17, 15) is 13.6 Å². The number of hydrogen-bond acceptors (Lipinski definition) is 1. The van der Waals surface area contributed by atoms with Crippen LogP contribution in [0.4, 0.5) is 8.78 Å². The number of Topliss-reactive ketones (excluding diaryl/α,β-unsaturated/α-hetero) is 1. The molecule has 1 saturated carbocycles. The van der Waals surface area contributed by atoms with E-state index in [4.69, 9.17) is 0 Å². The number of aryl methyl sites for hydroxylation is 2. The molecule has 3 heteroatoms. The number of halogens is 2. The predicted molar refractivity (Wildman–Crippen MR) is 71.5 cm³/mol. The van der Waals surface area contributed by atoms with Gasteiger partial charge in [-0.2, -0.15) is 0 Å². The maximum absolute atomic E-state index is 13.1. The summed E-state index contributed by atoms with van der Waals surface area (Å²) in [7, 11) is 0. The maximum atomic E-state index is 13.1. The van der Waals surface area contributed by atoms with Crippen LogP contribution in [0, 0.1) is 19.8 Å². The van der Waals surface area contributed by atoms with Crippen LogP contribution in [0.2, 0.25) is 0 Å². The normalized spacial score (nSPS) is 19.4. The van der Waals surface area contributed by atoms with Gasteiger partial charge >= 0.3 is 0 Å². The van der Waals surface area contributed by atoms with Gasteiger partial charge < -0.3 is 0 Å². The molecule has 1 nitrogen and oxygen atoms in total.